The van der Waals surface area contributed by atoms with Gasteiger partial charge in [-0.05, 0) is 0 Å². The van der Waals surface area contributed by atoms with Gasteiger partial charge in [-0.1, -0.05) is 0 Å². The Morgan fingerprint density at radius 3 is 2.58 bits per heavy atom. The number of aliphatic carboxylic acids is 1. The van der Waals surface area contributed by atoms with E-state index in [0.29, 0.717) is 52.5 Å². The van der Waals surface area contributed by atoms with Crippen molar-refractivity contribution in [1.29, 1.82) is 0 Å². The van der Waals surface area contributed by atoms with E-state index in [9.17, 15) is 9.59 Å². The van der Waals surface area contributed by atoms with Crippen molar-refractivity contribution in [3.05, 3.63) is 0 Å². The number of hydrogen-bond donors (Lipinski definition) is 1. The predicted molar refractivity (Wildman–Crippen MR) is 65.8 cm³/mol. The summed E-state index contributed by atoms with van der Waals surface area (Å²) in [6.07, 6.45) is -0.328. The number of amides is 1. The van der Waals surface area contributed by atoms with E-state index >= 15 is 0 Å². The zero-order chi connectivity index (χ0) is 13.7. The van der Waals surface area contributed by atoms with Crippen LogP contribution in [0.2, 0.25) is 0 Å². The van der Waals surface area contributed by atoms with Crippen LogP contribution >= 0.6 is 0 Å². The van der Waals surface area contributed by atoms with Crippen molar-refractivity contribution < 1.29 is 24.2 Å². The van der Waals surface area contributed by atoms with E-state index in [-0.39, 0.29) is 18.4 Å². The van der Waals surface area contributed by atoms with Crippen LogP contribution in [0, 0.1) is 0 Å². The molecule has 0 radical (unpaired) electrons. The van der Waals surface area contributed by atoms with Crippen molar-refractivity contribution in [3.8, 4) is 0 Å². The molecule has 1 atom stereocenters. The summed E-state index contributed by atoms with van der Waals surface area (Å²) in [4.78, 5) is 26.5. The van der Waals surface area contributed by atoms with Gasteiger partial charge in [-0.25, -0.2) is 0 Å². The van der Waals surface area contributed by atoms with Crippen molar-refractivity contribution in [2.45, 2.75) is 12.5 Å². The lowest BCUT2D eigenvalue weighted by Crippen LogP contribution is -2.50. The van der Waals surface area contributed by atoms with Crippen molar-refractivity contribution in [2.24, 2.45) is 0 Å². The third-order valence-corrected chi connectivity index (χ3v) is 3.35. The van der Waals surface area contributed by atoms with Crippen LogP contribution in [0.3, 0.4) is 0 Å². The molecule has 108 valence electrons. The average molecular weight is 272 g/mol. The van der Waals surface area contributed by atoms with Gasteiger partial charge in [0.2, 0.25) is 5.91 Å². The van der Waals surface area contributed by atoms with Gasteiger partial charge in [-0.15, -0.1) is 0 Å². The van der Waals surface area contributed by atoms with Gasteiger partial charge in [0, 0.05) is 26.2 Å². The molecule has 0 saturated carbocycles. The number of carboxylic acid groups (broad SMARTS) is 1. The lowest BCUT2D eigenvalue weighted by atomic mass is 10.2. The molecule has 2 aliphatic heterocycles. The van der Waals surface area contributed by atoms with Gasteiger partial charge in [-0.2, -0.15) is 0 Å². The highest BCUT2D eigenvalue weighted by molar-refractivity contribution is 5.78. The van der Waals surface area contributed by atoms with Crippen LogP contribution < -0.4 is 0 Å². The Bertz CT molecular complexity index is 330. The molecule has 0 aliphatic carbocycles. The Morgan fingerprint density at radius 2 is 1.89 bits per heavy atom. The zero-order valence-corrected chi connectivity index (χ0v) is 10.9. The Morgan fingerprint density at radius 1 is 1.16 bits per heavy atom. The number of rotatable bonds is 4. The smallest absolute Gasteiger partial charge is 0.306 e. The summed E-state index contributed by atoms with van der Waals surface area (Å²) in [7, 11) is 0. The molecule has 1 amide bonds. The van der Waals surface area contributed by atoms with Gasteiger partial charge in [0.15, 0.2) is 0 Å². The molecule has 0 aromatic rings. The molecule has 2 rings (SSSR count). The molecule has 2 saturated heterocycles. The summed E-state index contributed by atoms with van der Waals surface area (Å²) in [5, 5.41) is 8.75. The number of carboxylic acids is 1. The average Bonchev–Trinajstić information content (AvgIpc) is 2.39. The summed E-state index contributed by atoms with van der Waals surface area (Å²) < 4.78 is 10.6. The van der Waals surface area contributed by atoms with Crippen molar-refractivity contribution >= 4 is 11.9 Å². The Hall–Kier alpha value is -1.18. The SMILES string of the molecule is O=C(O)CC1CN(CC(=O)N2CCOCC2)CCO1. The normalized spacial score (nSPS) is 25.3. The molecule has 1 N–H and O–H groups in total. The number of carbonyl (C=O) groups excluding carboxylic acids is 1. The molecular formula is C12H20N2O5. The third-order valence-electron chi connectivity index (χ3n) is 3.35. The maximum atomic E-state index is 12.1. The van der Waals surface area contributed by atoms with Crippen molar-refractivity contribution in [3.63, 3.8) is 0 Å². The summed E-state index contributed by atoms with van der Waals surface area (Å²) in [5.41, 5.74) is 0. The van der Waals surface area contributed by atoms with Gasteiger partial charge in [0.05, 0.1) is 38.9 Å². The first-order valence-electron chi connectivity index (χ1n) is 6.56. The second-order valence-electron chi connectivity index (χ2n) is 4.82. The van der Waals surface area contributed by atoms with E-state index in [1.807, 2.05) is 4.90 Å². The molecule has 2 heterocycles. The van der Waals surface area contributed by atoms with E-state index in [0.717, 1.165) is 0 Å². The lowest BCUT2D eigenvalue weighted by molar-refractivity contribution is -0.143. The highest BCUT2D eigenvalue weighted by atomic mass is 16.5. The molecule has 1 unspecified atom stereocenters. The maximum absolute atomic E-state index is 12.1. The molecule has 2 aliphatic rings. The van der Waals surface area contributed by atoms with E-state index in [1.165, 1.54) is 0 Å². The highest BCUT2D eigenvalue weighted by Crippen LogP contribution is 2.09. The first kappa shape index (κ1) is 14.2. The monoisotopic (exact) mass is 272 g/mol. The van der Waals surface area contributed by atoms with Crippen LogP contribution in [0.4, 0.5) is 0 Å². The molecule has 7 nitrogen and oxygen atoms in total. The third kappa shape index (κ3) is 4.45. The molecule has 7 heteroatoms. The summed E-state index contributed by atoms with van der Waals surface area (Å²) >= 11 is 0. The summed E-state index contributed by atoms with van der Waals surface area (Å²) in [5.74, 6) is -0.786. The molecule has 0 aromatic heterocycles. The van der Waals surface area contributed by atoms with Gasteiger partial charge in [0.25, 0.3) is 0 Å². The van der Waals surface area contributed by atoms with Gasteiger partial charge < -0.3 is 19.5 Å². The summed E-state index contributed by atoms with van der Waals surface area (Å²) in [6, 6.07) is 0. The second kappa shape index (κ2) is 6.83. The Labute approximate surface area is 112 Å². The highest BCUT2D eigenvalue weighted by Gasteiger charge is 2.26. The minimum Gasteiger partial charge on any atom is -0.481 e. The number of ether oxygens (including phenoxy) is 2. The van der Waals surface area contributed by atoms with E-state index in [1.54, 1.807) is 4.90 Å². The fraction of sp³-hybridized carbons (Fsp3) is 0.833. The quantitative estimate of drug-likeness (QED) is 0.708. The van der Waals surface area contributed by atoms with E-state index < -0.39 is 5.97 Å². The maximum Gasteiger partial charge on any atom is 0.306 e. The van der Waals surface area contributed by atoms with Crippen LogP contribution in [0.1, 0.15) is 6.42 Å². The van der Waals surface area contributed by atoms with Crippen molar-refractivity contribution in [1.82, 2.24) is 9.80 Å². The molecule has 19 heavy (non-hydrogen) atoms. The van der Waals surface area contributed by atoms with Crippen LogP contribution in [0.25, 0.3) is 0 Å². The molecular weight excluding hydrogens is 252 g/mol. The molecule has 0 aromatic carbocycles. The van der Waals surface area contributed by atoms with Crippen LogP contribution in [-0.2, 0) is 19.1 Å². The van der Waals surface area contributed by atoms with Crippen molar-refractivity contribution in [2.75, 3.05) is 52.5 Å². The van der Waals surface area contributed by atoms with Gasteiger partial charge in [-0.3, -0.25) is 14.5 Å². The zero-order valence-electron chi connectivity index (χ0n) is 10.9. The fourth-order valence-electron chi connectivity index (χ4n) is 2.35. The molecule has 0 bridgehead atoms. The summed E-state index contributed by atoms with van der Waals surface area (Å²) in [6.45, 7) is 4.46. The Kier molecular flexibility index (Phi) is 5.12. The number of carbonyl (C=O) groups is 2. The second-order valence-corrected chi connectivity index (χ2v) is 4.82. The van der Waals surface area contributed by atoms with Gasteiger partial charge in [0.1, 0.15) is 0 Å². The molecule has 2 fully saturated rings. The number of nitrogens with zero attached hydrogens (tertiary/aromatic N) is 2. The van der Waals surface area contributed by atoms with Crippen LogP contribution in [-0.4, -0.2) is 85.4 Å². The first-order valence-corrected chi connectivity index (χ1v) is 6.56. The topological polar surface area (TPSA) is 79.3 Å². The predicted octanol–water partition coefficient (Wildman–Crippen LogP) is -0.979. The minimum absolute atomic E-state index is 0.0117. The fourth-order valence-corrected chi connectivity index (χ4v) is 2.35. The van der Waals surface area contributed by atoms with Crippen LogP contribution in [0.5, 0.6) is 0 Å². The Balaban J connectivity index is 1.77. The standard InChI is InChI=1S/C12H20N2O5/c15-11(14-2-4-18-5-3-14)9-13-1-6-19-10(8-13)7-12(16)17/h10H,1-9H2,(H,16,17). The van der Waals surface area contributed by atoms with E-state index in [4.69, 9.17) is 14.6 Å². The first-order chi connectivity index (χ1) is 9.15. The van der Waals surface area contributed by atoms with E-state index in [2.05, 4.69) is 0 Å². The van der Waals surface area contributed by atoms with Gasteiger partial charge >= 0.3 is 5.97 Å². The number of hydrogen-bond acceptors (Lipinski definition) is 5. The minimum atomic E-state index is -0.869. The lowest BCUT2D eigenvalue weighted by Gasteiger charge is -2.34. The van der Waals surface area contributed by atoms with Crippen LogP contribution in [0.15, 0.2) is 0 Å². The number of morpholine rings is 2. The molecule has 0 spiro atoms. The largest absolute Gasteiger partial charge is 0.481 e.